The molecule has 0 spiro atoms. The van der Waals surface area contributed by atoms with E-state index in [-0.39, 0.29) is 5.82 Å². The van der Waals surface area contributed by atoms with Gasteiger partial charge in [-0.2, -0.15) is 4.98 Å². The van der Waals surface area contributed by atoms with Crippen LogP contribution in [-0.2, 0) is 0 Å². The molecule has 6 nitrogen and oxygen atoms in total. The van der Waals surface area contributed by atoms with Crippen LogP contribution in [0.5, 0.6) is 0 Å². The van der Waals surface area contributed by atoms with Crippen LogP contribution in [0.15, 0.2) is 16.2 Å². The minimum absolute atomic E-state index is 0.250. The molecule has 0 unspecified atom stereocenters. The Hall–Kier alpha value is -1.76. The van der Waals surface area contributed by atoms with Gasteiger partial charge < -0.3 is 9.63 Å². The highest BCUT2D eigenvalue weighted by Crippen LogP contribution is 2.19. The Labute approximate surface area is 75.9 Å². The predicted octanol–water partition coefficient (Wildman–Crippen LogP) is 0.891. The fourth-order valence-electron chi connectivity index (χ4n) is 0.737. The minimum atomic E-state index is -1.23. The summed E-state index contributed by atoms with van der Waals surface area (Å²) in [6, 6.07) is 0. The molecule has 0 bridgehead atoms. The summed E-state index contributed by atoms with van der Waals surface area (Å²) in [6.45, 7) is 0. The molecule has 0 atom stereocenters. The second-order valence-corrected chi connectivity index (χ2v) is 2.98. The molecule has 0 saturated heterocycles. The number of aromatic nitrogens is 3. The van der Waals surface area contributed by atoms with Gasteiger partial charge in [-0.1, -0.05) is 5.16 Å². The molecule has 2 rings (SSSR count). The zero-order valence-corrected chi connectivity index (χ0v) is 6.98. The van der Waals surface area contributed by atoms with E-state index in [1.54, 1.807) is 11.7 Å². The van der Waals surface area contributed by atoms with Crippen molar-refractivity contribution in [2.24, 2.45) is 0 Å². The summed E-state index contributed by atoms with van der Waals surface area (Å²) in [6.07, 6.45) is 1.54. The highest BCUT2D eigenvalue weighted by molar-refractivity contribution is 7.13. The van der Waals surface area contributed by atoms with Gasteiger partial charge in [0.15, 0.2) is 0 Å². The molecule has 0 radical (unpaired) electrons. The molecule has 0 aliphatic carbocycles. The first-order valence-electron chi connectivity index (χ1n) is 3.23. The maximum absolute atomic E-state index is 10.4. The lowest BCUT2D eigenvalue weighted by atomic mass is 10.5. The fraction of sp³-hybridized carbons (Fsp3) is 0. The highest BCUT2D eigenvalue weighted by atomic mass is 32.1. The van der Waals surface area contributed by atoms with E-state index in [2.05, 4.69) is 19.6 Å². The molecule has 2 heterocycles. The summed E-state index contributed by atoms with van der Waals surface area (Å²) in [5, 5.41) is 12.0. The third-order valence-corrected chi connectivity index (χ3v) is 2.03. The van der Waals surface area contributed by atoms with E-state index in [0.717, 1.165) is 0 Å². The second-order valence-electron chi connectivity index (χ2n) is 2.09. The van der Waals surface area contributed by atoms with Gasteiger partial charge >= 0.3 is 11.9 Å². The Kier molecular flexibility index (Phi) is 1.78. The summed E-state index contributed by atoms with van der Waals surface area (Å²) >= 11 is 1.31. The predicted molar refractivity (Wildman–Crippen MR) is 42.4 cm³/mol. The quantitative estimate of drug-likeness (QED) is 0.768. The van der Waals surface area contributed by atoms with Crippen LogP contribution in [0.3, 0.4) is 0 Å². The molecule has 0 aromatic carbocycles. The molecule has 66 valence electrons. The molecule has 13 heavy (non-hydrogen) atoms. The van der Waals surface area contributed by atoms with Gasteiger partial charge in [-0.15, -0.1) is 11.3 Å². The normalized spacial score (nSPS) is 10.2. The largest absolute Gasteiger partial charge is 0.474 e. The van der Waals surface area contributed by atoms with Gasteiger partial charge in [0.1, 0.15) is 0 Å². The smallest absolute Gasteiger partial charge is 0.394 e. The number of carboxylic acids is 1. The van der Waals surface area contributed by atoms with Gasteiger partial charge in [0.2, 0.25) is 5.82 Å². The van der Waals surface area contributed by atoms with E-state index >= 15 is 0 Å². The van der Waals surface area contributed by atoms with Crippen LogP contribution in [0.1, 0.15) is 10.7 Å². The number of nitrogens with zero attached hydrogens (tertiary/aromatic N) is 3. The van der Waals surface area contributed by atoms with Gasteiger partial charge in [-0.3, -0.25) is 4.98 Å². The standard InChI is InChI=1S/C6H3N3O3S/c10-6(11)5-8-4(9-12-5)3-1-7-2-13-3/h1-2H,(H,10,11). The van der Waals surface area contributed by atoms with Gasteiger partial charge in [0.05, 0.1) is 10.4 Å². The first-order valence-corrected chi connectivity index (χ1v) is 4.11. The zero-order chi connectivity index (χ0) is 9.26. The van der Waals surface area contributed by atoms with E-state index in [0.29, 0.717) is 4.88 Å². The maximum atomic E-state index is 10.4. The molecule has 2 aromatic rings. The van der Waals surface area contributed by atoms with Crippen LogP contribution in [0.25, 0.3) is 10.7 Å². The molecule has 0 aliphatic rings. The Morgan fingerprint density at radius 1 is 1.62 bits per heavy atom. The van der Waals surface area contributed by atoms with Gasteiger partial charge in [-0.25, -0.2) is 4.79 Å². The van der Waals surface area contributed by atoms with E-state index in [1.807, 2.05) is 0 Å². The van der Waals surface area contributed by atoms with Crippen molar-refractivity contribution in [2.75, 3.05) is 0 Å². The van der Waals surface area contributed by atoms with E-state index in [9.17, 15) is 4.79 Å². The second kappa shape index (κ2) is 2.94. The van der Waals surface area contributed by atoms with Crippen LogP contribution in [0, 0.1) is 0 Å². The van der Waals surface area contributed by atoms with Gasteiger partial charge in [-0.05, 0) is 0 Å². The molecular weight excluding hydrogens is 194 g/mol. The molecule has 7 heteroatoms. The fourth-order valence-corrected chi connectivity index (χ4v) is 1.28. The number of carbonyl (C=O) groups is 1. The minimum Gasteiger partial charge on any atom is -0.474 e. The molecule has 2 aromatic heterocycles. The third kappa shape index (κ3) is 1.41. The van der Waals surface area contributed by atoms with Crippen LogP contribution < -0.4 is 0 Å². The Morgan fingerprint density at radius 2 is 2.46 bits per heavy atom. The number of carboxylic acid groups (broad SMARTS) is 1. The van der Waals surface area contributed by atoms with Crippen molar-refractivity contribution < 1.29 is 14.4 Å². The molecule has 0 fully saturated rings. The number of aromatic carboxylic acids is 1. The van der Waals surface area contributed by atoms with Crippen molar-refractivity contribution >= 4 is 17.3 Å². The number of hydrogen-bond acceptors (Lipinski definition) is 6. The van der Waals surface area contributed by atoms with Crippen molar-refractivity contribution in [2.45, 2.75) is 0 Å². The average Bonchev–Trinajstić information content (AvgIpc) is 2.75. The third-order valence-electron chi connectivity index (χ3n) is 1.26. The molecule has 0 saturated carbocycles. The van der Waals surface area contributed by atoms with E-state index in [4.69, 9.17) is 5.11 Å². The van der Waals surface area contributed by atoms with E-state index < -0.39 is 11.9 Å². The van der Waals surface area contributed by atoms with Crippen molar-refractivity contribution in [3.05, 3.63) is 17.6 Å². The van der Waals surface area contributed by atoms with Crippen LogP contribution >= 0.6 is 11.3 Å². The van der Waals surface area contributed by atoms with Crippen LogP contribution in [0.4, 0.5) is 0 Å². The van der Waals surface area contributed by atoms with Crippen molar-refractivity contribution in [1.82, 2.24) is 15.1 Å². The van der Waals surface area contributed by atoms with Crippen molar-refractivity contribution in [3.8, 4) is 10.7 Å². The van der Waals surface area contributed by atoms with Crippen LogP contribution in [-0.4, -0.2) is 26.2 Å². The first-order chi connectivity index (χ1) is 6.27. The summed E-state index contributed by atoms with van der Waals surface area (Å²) in [7, 11) is 0. The molecular formula is C6H3N3O3S. The van der Waals surface area contributed by atoms with Gasteiger partial charge in [0, 0.05) is 6.20 Å². The van der Waals surface area contributed by atoms with Crippen LogP contribution in [0.2, 0.25) is 0 Å². The summed E-state index contributed by atoms with van der Waals surface area (Å²) in [5.41, 5.74) is 1.60. The summed E-state index contributed by atoms with van der Waals surface area (Å²) < 4.78 is 4.47. The van der Waals surface area contributed by atoms with E-state index in [1.165, 1.54) is 11.3 Å². The Morgan fingerprint density at radius 3 is 3.00 bits per heavy atom. The number of thiazole rings is 1. The number of hydrogen-bond donors (Lipinski definition) is 1. The molecule has 0 amide bonds. The summed E-state index contributed by atoms with van der Waals surface area (Å²) in [4.78, 5) is 18.5. The maximum Gasteiger partial charge on any atom is 0.394 e. The SMILES string of the molecule is O=C(O)c1nc(-c2cncs2)no1. The number of rotatable bonds is 2. The Balaban J connectivity index is 2.39. The van der Waals surface area contributed by atoms with Crippen molar-refractivity contribution in [1.29, 1.82) is 0 Å². The lowest BCUT2D eigenvalue weighted by molar-refractivity contribution is 0.0643. The monoisotopic (exact) mass is 197 g/mol. The van der Waals surface area contributed by atoms with Gasteiger partial charge in [0.25, 0.3) is 0 Å². The molecule has 1 N–H and O–H groups in total. The highest BCUT2D eigenvalue weighted by Gasteiger charge is 2.14. The molecule has 0 aliphatic heterocycles. The summed E-state index contributed by atoms with van der Waals surface area (Å²) in [5.74, 6) is -1.40. The van der Waals surface area contributed by atoms with Crippen molar-refractivity contribution in [3.63, 3.8) is 0 Å². The zero-order valence-electron chi connectivity index (χ0n) is 6.17. The lowest BCUT2D eigenvalue weighted by Gasteiger charge is -1.79. The lowest BCUT2D eigenvalue weighted by Crippen LogP contribution is -1.95. The Bertz CT molecular complexity index is 422. The topological polar surface area (TPSA) is 89.1 Å². The average molecular weight is 197 g/mol. The first kappa shape index (κ1) is 7.87.